The van der Waals surface area contributed by atoms with Crippen molar-refractivity contribution in [1.82, 2.24) is 0 Å². The Labute approximate surface area is 83.4 Å². The second kappa shape index (κ2) is 5.83. The van der Waals surface area contributed by atoms with E-state index in [1.807, 2.05) is 0 Å². The van der Waals surface area contributed by atoms with Gasteiger partial charge >= 0.3 is 0 Å². The van der Waals surface area contributed by atoms with Crippen molar-refractivity contribution in [1.29, 1.82) is 0 Å². The van der Waals surface area contributed by atoms with Gasteiger partial charge in [0.2, 0.25) is 0 Å². The largest absolute Gasteiger partial charge is 0.299 e. The average molecular weight is 240 g/mol. The summed E-state index contributed by atoms with van der Waals surface area (Å²) < 4.78 is 52.1. The van der Waals surface area contributed by atoms with Crippen molar-refractivity contribution >= 4 is 21.5 Å². The Balaban J connectivity index is 0.000000364. The third kappa shape index (κ3) is 6.69. The van der Waals surface area contributed by atoms with Gasteiger partial charge in [0.1, 0.15) is 0 Å². The van der Waals surface area contributed by atoms with Gasteiger partial charge < -0.3 is 0 Å². The van der Waals surface area contributed by atoms with Crippen molar-refractivity contribution in [2.45, 2.75) is 4.90 Å². The van der Waals surface area contributed by atoms with Crippen LogP contribution >= 0.6 is 0 Å². The smallest absolute Gasteiger partial charge is 0.284 e. The van der Waals surface area contributed by atoms with Crippen LogP contribution in [0.5, 0.6) is 0 Å². The van der Waals surface area contributed by atoms with Gasteiger partial charge in [0.15, 0.2) is 0 Å². The van der Waals surface area contributed by atoms with Gasteiger partial charge in [-0.25, -0.2) is 0 Å². The molecule has 0 bridgehead atoms. The Hall–Kier alpha value is -0.800. The van der Waals surface area contributed by atoms with Gasteiger partial charge in [-0.1, -0.05) is 18.2 Å². The molecule has 0 aromatic heterocycles. The van der Waals surface area contributed by atoms with E-state index in [1.165, 1.54) is 12.1 Å². The quantitative estimate of drug-likeness (QED) is 0.490. The second-order valence-corrected chi connectivity index (χ2v) is 3.90. The molecule has 80 valence electrons. The third-order valence-electron chi connectivity index (χ3n) is 1.04. The molecule has 0 saturated carbocycles. The number of hydrogen-bond acceptors (Lipinski definition) is 3. The molecule has 0 amide bonds. The van der Waals surface area contributed by atoms with Gasteiger partial charge in [-0.05, 0) is 12.1 Å². The minimum Gasteiger partial charge on any atom is -0.284 e. The first-order chi connectivity index (χ1) is 6.34. The van der Waals surface area contributed by atoms with Crippen LogP contribution in [0.15, 0.2) is 35.2 Å². The Morgan fingerprint density at radius 1 is 1.07 bits per heavy atom. The van der Waals surface area contributed by atoms with E-state index in [-0.39, 0.29) is 4.90 Å². The van der Waals surface area contributed by atoms with Crippen molar-refractivity contribution in [2.75, 3.05) is 0 Å². The van der Waals surface area contributed by atoms with E-state index in [9.17, 15) is 8.42 Å². The average Bonchev–Trinajstić information content (AvgIpc) is 2.03. The molecule has 0 fully saturated rings. The molecule has 6 nitrogen and oxygen atoms in total. The highest BCUT2D eigenvalue weighted by Gasteiger charge is 2.05. The molecule has 1 aromatic carbocycles. The Bertz CT molecular complexity index is 380. The zero-order chi connectivity index (χ0) is 11.2. The van der Waals surface area contributed by atoms with Crippen molar-refractivity contribution in [3.05, 3.63) is 30.3 Å². The fourth-order valence-electron chi connectivity index (χ4n) is 0.592. The molecule has 0 unspecified atom stereocenters. The molecule has 0 aliphatic carbocycles. The van der Waals surface area contributed by atoms with Gasteiger partial charge in [-0.3, -0.25) is 13.7 Å². The van der Waals surface area contributed by atoms with Crippen molar-refractivity contribution in [3.8, 4) is 0 Å². The van der Waals surface area contributed by atoms with E-state index >= 15 is 0 Å². The van der Waals surface area contributed by atoms with Crippen molar-refractivity contribution in [3.63, 3.8) is 0 Å². The minimum atomic E-state index is -4.00. The first-order valence-electron chi connectivity index (χ1n) is 3.16. The highest BCUT2D eigenvalue weighted by molar-refractivity contribution is 7.85. The lowest BCUT2D eigenvalue weighted by Crippen LogP contribution is -1.96. The van der Waals surface area contributed by atoms with Crippen LogP contribution in [0.25, 0.3) is 0 Å². The molecule has 1 aromatic rings. The molecule has 0 spiro atoms. The Morgan fingerprint density at radius 3 is 1.64 bits per heavy atom. The Kier molecular flexibility index (Phi) is 5.50. The minimum absolute atomic E-state index is 0.0741. The zero-order valence-corrected chi connectivity index (χ0v) is 8.40. The highest BCUT2D eigenvalue weighted by Crippen LogP contribution is 2.05. The van der Waals surface area contributed by atoms with Crippen LogP contribution in [0.3, 0.4) is 0 Å². The second-order valence-electron chi connectivity index (χ2n) is 2.02. The fourth-order valence-corrected chi connectivity index (χ4v) is 1.09. The summed E-state index contributed by atoms with van der Waals surface area (Å²) in [7, 11) is -4.00. The molecular formula is C6H8O6S2. The van der Waals surface area contributed by atoms with Crippen LogP contribution in [0.4, 0.5) is 0 Å². The van der Waals surface area contributed by atoms with Gasteiger partial charge in [0.05, 0.1) is 4.90 Å². The van der Waals surface area contributed by atoms with Gasteiger partial charge in [-0.15, -0.1) is 0 Å². The maximum absolute atomic E-state index is 10.4. The van der Waals surface area contributed by atoms with Crippen LogP contribution in [-0.2, 0) is 21.5 Å². The molecule has 0 radical (unpaired) electrons. The maximum Gasteiger partial charge on any atom is 0.299 e. The summed E-state index contributed by atoms with van der Waals surface area (Å²) in [6.07, 6.45) is 0. The Morgan fingerprint density at radius 2 is 1.43 bits per heavy atom. The van der Waals surface area contributed by atoms with Crippen LogP contribution in [0.1, 0.15) is 0 Å². The van der Waals surface area contributed by atoms with Crippen LogP contribution < -0.4 is 0 Å². The molecule has 3 N–H and O–H groups in total. The summed E-state index contributed by atoms with van der Waals surface area (Å²) in [5, 5.41) is 0. The predicted molar refractivity (Wildman–Crippen MR) is 49.7 cm³/mol. The fraction of sp³-hybridized carbons (Fsp3) is 0. The standard InChI is InChI=1S/C6H6O3S.H2O3S/c7-10(8,9)6-4-2-1-3-5-6;1-4(2)3/h1-5H,(H,7,8,9);(H2,1,2,3). The number of rotatable bonds is 1. The summed E-state index contributed by atoms with van der Waals surface area (Å²) in [6, 6.07) is 7.42. The topological polar surface area (TPSA) is 112 Å². The SMILES string of the molecule is O=S(=O)(O)c1ccccc1.O=S(O)O. The van der Waals surface area contributed by atoms with Crippen LogP contribution in [0.2, 0.25) is 0 Å². The monoisotopic (exact) mass is 240 g/mol. The number of hydrogen-bond donors (Lipinski definition) is 3. The lowest BCUT2D eigenvalue weighted by molar-refractivity contribution is 0.454. The number of benzene rings is 1. The normalized spacial score (nSPS) is 10.6. The van der Waals surface area contributed by atoms with Crippen molar-refractivity contribution < 1.29 is 26.3 Å². The zero-order valence-electron chi connectivity index (χ0n) is 6.77. The summed E-state index contributed by atoms with van der Waals surface area (Å²) in [4.78, 5) is -0.0741. The molecule has 1 rings (SSSR count). The predicted octanol–water partition coefficient (Wildman–Crippen LogP) is 0.614. The molecule has 0 aliphatic heterocycles. The van der Waals surface area contributed by atoms with E-state index in [4.69, 9.17) is 17.9 Å². The molecule has 8 heteroatoms. The van der Waals surface area contributed by atoms with Crippen LogP contribution in [-0.4, -0.2) is 26.3 Å². The highest BCUT2D eigenvalue weighted by atomic mass is 32.2. The maximum atomic E-state index is 10.4. The van der Waals surface area contributed by atoms with Gasteiger partial charge in [0.25, 0.3) is 21.5 Å². The molecule has 14 heavy (non-hydrogen) atoms. The molecule has 0 aliphatic rings. The first-order valence-corrected chi connectivity index (χ1v) is 5.67. The summed E-state index contributed by atoms with van der Waals surface area (Å²) in [6.45, 7) is 0. The molecule has 0 heterocycles. The van der Waals surface area contributed by atoms with Gasteiger partial charge in [0, 0.05) is 0 Å². The van der Waals surface area contributed by atoms with Crippen LogP contribution in [0, 0.1) is 0 Å². The lowest BCUT2D eigenvalue weighted by Gasteiger charge is -1.92. The summed E-state index contributed by atoms with van der Waals surface area (Å²) in [5.41, 5.74) is 0. The molecular weight excluding hydrogens is 232 g/mol. The van der Waals surface area contributed by atoms with E-state index in [1.54, 1.807) is 18.2 Å². The van der Waals surface area contributed by atoms with E-state index in [0.29, 0.717) is 0 Å². The molecule has 0 saturated heterocycles. The van der Waals surface area contributed by atoms with E-state index in [0.717, 1.165) is 0 Å². The van der Waals surface area contributed by atoms with E-state index in [2.05, 4.69) is 0 Å². The summed E-state index contributed by atoms with van der Waals surface area (Å²) >= 11 is -2.61. The first kappa shape index (κ1) is 13.2. The van der Waals surface area contributed by atoms with Gasteiger partial charge in [-0.2, -0.15) is 12.6 Å². The third-order valence-corrected chi connectivity index (χ3v) is 1.91. The molecule has 0 atom stereocenters. The van der Waals surface area contributed by atoms with E-state index < -0.39 is 21.5 Å². The lowest BCUT2D eigenvalue weighted by atomic mass is 10.4. The van der Waals surface area contributed by atoms with Crippen molar-refractivity contribution in [2.24, 2.45) is 0 Å². The summed E-state index contributed by atoms with van der Waals surface area (Å²) in [5.74, 6) is 0.